The molecule has 0 aliphatic carbocycles. The molecule has 1 rings (SSSR count). The lowest BCUT2D eigenvalue weighted by molar-refractivity contribution is 0.295. The van der Waals surface area contributed by atoms with E-state index in [1.807, 2.05) is 12.1 Å². The Morgan fingerprint density at radius 3 is 2.58 bits per heavy atom. The highest BCUT2D eigenvalue weighted by atomic mass is 15.1. The smallest absolute Gasteiger partial charge is 0.0392 e. The van der Waals surface area contributed by atoms with Gasteiger partial charge in [0.2, 0.25) is 0 Å². The van der Waals surface area contributed by atoms with Crippen LogP contribution < -0.4 is 11.1 Å². The van der Waals surface area contributed by atoms with Crippen molar-refractivity contribution in [2.24, 2.45) is 0 Å². The van der Waals surface area contributed by atoms with E-state index in [4.69, 9.17) is 5.73 Å². The summed E-state index contributed by atoms with van der Waals surface area (Å²) < 4.78 is 0. The predicted octanol–water partition coefficient (Wildman–Crippen LogP) is 3.50. The maximum absolute atomic E-state index is 5.83. The molecule has 0 amide bonds. The van der Waals surface area contributed by atoms with Gasteiger partial charge in [-0.05, 0) is 64.0 Å². The van der Waals surface area contributed by atoms with Crippen LogP contribution in [0, 0.1) is 6.92 Å². The standard InChI is InChI=1S/C16H29N3/c1-5-19(6-2)11-7-8-14(4)18-16-12-15(17)10-9-13(16)3/h9-10,12,14,18H,5-8,11,17H2,1-4H3. The molecule has 0 spiro atoms. The third-order valence-electron chi connectivity index (χ3n) is 3.67. The second-order valence-corrected chi connectivity index (χ2v) is 5.29. The Bertz CT molecular complexity index is 372. The van der Waals surface area contributed by atoms with Crippen LogP contribution >= 0.6 is 0 Å². The van der Waals surface area contributed by atoms with Gasteiger partial charge in [-0.15, -0.1) is 0 Å². The first-order valence-corrected chi connectivity index (χ1v) is 7.41. The molecule has 0 aliphatic heterocycles. The van der Waals surface area contributed by atoms with Gasteiger partial charge in [0.15, 0.2) is 0 Å². The quantitative estimate of drug-likeness (QED) is 0.705. The fourth-order valence-electron chi connectivity index (χ4n) is 2.29. The minimum absolute atomic E-state index is 0.482. The summed E-state index contributed by atoms with van der Waals surface area (Å²) in [4.78, 5) is 2.47. The minimum Gasteiger partial charge on any atom is -0.399 e. The van der Waals surface area contributed by atoms with Crippen molar-refractivity contribution in [3.05, 3.63) is 23.8 Å². The fourth-order valence-corrected chi connectivity index (χ4v) is 2.29. The Kier molecular flexibility index (Phi) is 6.71. The molecule has 3 N–H and O–H groups in total. The molecule has 1 unspecified atom stereocenters. The first kappa shape index (κ1) is 15.8. The van der Waals surface area contributed by atoms with Crippen molar-refractivity contribution in [2.45, 2.75) is 46.6 Å². The summed E-state index contributed by atoms with van der Waals surface area (Å²) in [6.45, 7) is 12.3. The average Bonchev–Trinajstić information content (AvgIpc) is 2.39. The highest BCUT2D eigenvalue weighted by Crippen LogP contribution is 2.19. The topological polar surface area (TPSA) is 41.3 Å². The van der Waals surface area contributed by atoms with E-state index < -0.39 is 0 Å². The molecule has 3 nitrogen and oxygen atoms in total. The Hall–Kier alpha value is -1.22. The van der Waals surface area contributed by atoms with Gasteiger partial charge in [0.1, 0.15) is 0 Å². The molecule has 19 heavy (non-hydrogen) atoms. The fraction of sp³-hybridized carbons (Fsp3) is 0.625. The number of nitrogen functional groups attached to an aromatic ring is 1. The summed E-state index contributed by atoms with van der Waals surface area (Å²) in [5, 5.41) is 3.56. The molecule has 3 heteroatoms. The van der Waals surface area contributed by atoms with Gasteiger partial charge < -0.3 is 16.0 Å². The number of hydrogen-bond acceptors (Lipinski definition) is 3. The maximum atomic E-state index is 5.83. The van der Waals surface area contributed by atoms with E-state index >= 15 is 0 Å². The van der Waals surface area contributed by atoms with Crippen LogP contribution in [0.5, 0.6) is 0 Å². The summed E-state index contributed by atoms with van der Waals surface area (Å²) in [5.41, 5.74) is 9.07. The van der Waals surface area contributed by atoms with E-state index in [0.717, 1.165) is 24.5 Å². The van der Waals surface area contributed by atoms with E-state index in [0.29, 0.717) is 6.04 Å². The molecule has 0 bridgehead atoms. The van der Waals surface area contributed by atoms with Gasteiger partial charge in [-0.2, -0.15) is 0 Å². The molecule has 0 aliphatic rings. The molecule has 108 valence electrons. The number of nitrogens with one attached hydrogen (secondary N) is 1. The lowest BCUT2D eigenvalue weighted by atomic mass is 10.1. The number of hydrogen-bond donors (Lipinski definition) is 2. The van der Waals surface area contributed by atoms with E-state index in [-0.39, 0.29) is 0 Å². The molecule has 0 fully saturated rings. The summed E-state index contributed by atoms with van der Waals surface area (Å²) in [6, 6.07) is 6.53. The highest BCUT2D eigenvalue weighted by Gasteiger charge is 2.06. The molecule has 0 saturated carbocycles. The summed E-state index contributed by atoms with van der Waals surface area (Å²) in [6.07, 6.45) is 2.42. The second-order valence-electron chi connectivity index (χ2n) is 5.29. The third-order valence-corrected chi connectivity index (χ3v) is 3.67. The Morgan fingerprint density at radius 2 is 1.95 bits per heavy atom. The van der Waals surface area contributed by atoms with Gasteiger partial charge in [-0.25, -0.2) is 0 Å². The Morgan fingerprint density at radius 1 is 1.26 bits per heavy atom. The SMILES string of the molecule is CCN(CC)CCCC(C)Nc1cc(N)ccc1C. The first-order valence-electron chi connectivity index (χ1n) is 7.41. The number of nitrogens with two attached hydrogens (primary N) is 1. The van der Waals surface area contributed by atoms with Crippen molar-refractivity contribution in [1.82, 2.24) is 4.90 Å². The van der Waals surface area contributed by atoms with Crippen molar-refractivity contribution in [2.75, 3.05) is 30.7 Å². The van der Waals surface area contributed by atoms with Gasteiger partial charge >= 0.3 is 0 Å². The van der Waals surface area contributed by atoms with Gasteiger partial charge in [0.05, 0.1) is 0 Å². The number of benzene rings is 1. The van der Waals surface area contributed by atoms with Crippen LogP contribution in [0.2, 0.25) is 0 Å². The molecule has 0 aromatic heterocycles. The van der Waals surface area contributed by atoms with Crippen LogP contribution in [-0.2, 0) is 0 Å². The van der Waals surface area contributed by atoms with Crippen LogP contribution in [0.15, 0.2) is 18.2 Å². The second kappa shape index (κ2) is 8.05. The highest BCUT2D eigenvalue weighted by molar-refractivity contribution is 5.59. The lowest BCUT2D eigenvalue weighted by Crippen LogP contribution is -2.25. The molecule has 1 aromatic rings. The van der Waals surface area contributed by atoms with Crippen molar-refractivity contribution in [1.29, 1.82) is 0 Å². The van der Waals surface area contributed by atoms with Crippen LogP contribution in [0.25, 0.3) is 0 Å². The zero-order valence-corrected chi connectivity index (χ0v) is 12.9. The Balaban J connectivity index is 2.38. The van der Waals surface area contributed by atoms with Crippen LogP contribution in [0.3, 0.4) is 0 Å². The van der Waals surface area contributed by atoms with Crippen LogP contribution in [0.4, 0.5) is 11.4 Å². The van der Waals surface area contributed by atoms with Crippen molar-refractivity contribution in [3.63, 3.8) is 0 Å². The molecular formula is C16H29N3. The molecular weight excluding hydrogens is 234 g/mol. The van der Waals surface area contributed by atoms with Gasteiger partial charge in [0, 0.05) is 17.4 Å². The van der Waals surface area contributed by atoms with E-state index in [1.54, 1.807) is 0 Å². The van der Waals surface area contributed by atoms with E-state index in [1.165, 1.54) is 24.9 Å². The van der Waals surface area contributed by atoms with Crippen molar-refractivity contribution in [3.8, 4) is 0 Å². The number of nitrogens with zero attached hydrogens (tertiary/aromatic N) is 1. The van der Waals surface area contributed by atoms with Crippen molar-refractivity contribution < 1.29 is 0 Å². The third kappa shape index (κ3) is 5.52. The molecule has 0 saturated heterocycles. The molecule has 1 atom stereocenters. The molecule has 1 aromatic carbocycles. The summed E-state index contributed by atoms with van der Waals surface area (Å²) in [5.74, 6) is 0. The minimum atomic E-state index is 0.482. The molecule has 0 radical (unpaired) electrons. The van der Waals surface area contributed by atoms with Gasteiger partial charge in [-0.3, -0.25) is 0 Å². The van der Waals surface area contributed by atoms with Gasteiger partial charge in [0.25, 0.3) is 0 Å². The number of aryl methyl sites for hydroxylation is 1. The summed E-state index contributed by atoms with van der Waals surface area (Å²) in [7, 11) is 0. The predicted molar refractivity (Wildman–Crippen MR) is 85.7 cm³/mol. The Labute approximate surface area is 118 Å². The lowest BCUT2D eigenvalue weighted by Gasteiger charge is -2.21. The normalized spacial score (nSPS) is 12.7. The van der Waals surface area contributed by atoms with Crippen LogP contribution in [-0.4, -0.2) is 30.6 Å². The van der Waals surface area contributed by atoms with Gasteiger partial charge in [-0.1, -0.05) is 19.9 Å². The van der Waals surface area contributed by atoms with Crippen molar-refractivity contribution >= 4 is 11.4 Å². The average molecular weight is 263 g/mol. The zero-order valence-electron chi connectivity index (χ0n) is 12.9. The van der Waals surface area contributed by atoms with E-state index in [9.17, 15) is 0 Å². The summed E-state index contributed by atoms with van der Waals surface area (Å²) >= 11 is 0. The number of anilines is 2. The number of rotatable bonds is 8. The first-order chi connectivity index (χ1) is 9.06. The maximum Gasteiger partial charge on any atom is 0.0392 e. The van der Waals surface area contributed by atoms with E-state index in [2.05, 4.69) is 44.0 Å². The zero-order chi connectivity index (χ0) is 14.3. The largest absolute Gasteiger partial charge is 0.399 e. The molecule has 0 heterocycles. The van der Waals surface area contributed by atoms with Crippen LogP contribution in [0.1, 0.15) is 39.2 Å². The monoisotopic (exact) mass is 263 g/mol.